The summed E-state index contributed by atoms with van der Waals surface area (Å²) in [6.07, 6.45) is 4.07. The molecule has 4 heteroatoms. The van der Waals surface area contributed by atoms with E-state index in [-0.39, 0.29) is 5.91 Å². The third-order valence-electron chi connectivity index (χ3n) is 5.03. The molecule has 22 heavy (non-hydrogen) atoms. The van der Waals surface area contributed by atoms with Gasteiger partial charge in [-0.2, -0.15) is 0 Å². The van der Waals surface area contributed by atoms with Crippen molar-refractivity contribution in [2.75, 3.05) is 26.2 Å². The number of piperidine rings is 1. The zero-order chi connectivity index (χ0) is 15.4. The highest BCUT2D eigenvalue weighted by Gasteiger charge is 2.34. The highest BCUT2D eigenvalue weighted by atomic mass is 16.1. The second-order valence-corrected chi connectivity index (χ2v) is 6.84. The van der Waals surface area contributed by atoms with E-state index < -0.39 is 0 Å². The minimum absolute atomic E-state index is 0.177. The predicted octanol–water partition coefficient (Wildman–Crippen LogP) is 1.85. The van der Waals surface area contributed by atoms with Crippen LogP contribution in [0.2, 0.25) is 0 Å². The van der Waals surface area contributed by atoms with E-state index in [4.69, 9.17) is 5.73 Å². The third kappa shape index (κ3) is 4.08. The highest BCUT2D eigenvalue weighted by Crippen LogP contribution is 2.29. The largest absolute Gasteiger partial charge is 0.370 e. The number of benzene rings is 1. The normalized spacial score (nSPS) is 26.0. The molecule has 0 saturated carbocycles. The third-order valence-corrected chi connectivity index (χ3v) is 5.03. The maximum atomic E-state index is 10.9. The molecule has 1 aromatic rings. The van der Waals surface area contributed by atoms with Crippen LogP contribution in [-0.2, 0) is 11.3 Å². The van der Waals surface area contributed by atoms with Crippen molar-refractivity contribution in [1.29, 1.82) is 0 Å². The number of fused-ring (bicyclic) bond motifs is 4. The predicted molar refractivity (Wildman–Crippen MR) is 88.2 cm³/mol. The molecule has 3 aliphatic rings. The molecular weight excluding hydrogens is 274 g/mol. The van der Waals surface area contributed by atoms with Crippen LogP contribution in [0.1, 0.15) is 31.2 Å². The Kier molecular flexibility index (Phi) is 5.11. The lowest BCUT2D eigenvalue weighted by Gasteiger charge is -2.36. The maximum Gasteiger partial charge on any atom is 0.217 e. The summed E-state index contributed by atoms with van der Waals surface area (Å²) in [7, 11) is 0. The monoisotopic (exact) mass is 301 g/mol. The minimum Gasteiger partial charge on any atom is -0.370 e. The summed E-state index contributed by atoms with van der Waals surface area (Å²) in [4.78, 5) is 16.1. The van der Waals surface area contributed by atoms with Gasteiger partial charge < -0.3 is 10.6 Å². The van der Waals surface area contributed by atoms with Gasteiger partial charge in [0.25, 0.3) is 0 Å². The maximum absolute atomic E-state index is 10.9. The molecule has 3 heterocycles. The first-order valence-corrected chi connectivity index (χ1v) is 8.49. The molecule has 3 saturated heterocycles. The minimum atomic E-state index is -0.177. The standard InChI is InChI=1S/C18H27N3O/c19-18(22)7-4-10-20-11-16-8-9-17(14-20)21(13-16)12-15-5-2-1-3-6-15/h1-3,5-6,16-17H,4,7-14H2,(H2,19,22)/t16-,17+/m0/s1. The van der Waals surface area contributed by atoms with Gasteiger partial charge in [-0.15, -0.1) is 0 Å². The molecule has 4 rings (SSSR count). The van der Waals surface area contributed by atoms with Crippen LogP contribution in [0.3, 0.4) is 0 Å². The van der Waals surface area contributed by atoms with Crippen molar-refractivity contribution in [3.05, 3.63) is 35.9 Å². The van der Waals surface area contributed by atoms with E-state index in [1.807, 2.05) is 0 Å². The average molecular weight is 301 g/mol. The Morgan fingerprint density at radius 3 is 2.73 bits per heavy atom. The topological polar surface area (TPSA) is 49.6 Å². The van der Waals surface area contributed by atoms with E-state index in [9.17, 15) is 4.79 Å². The SMILES string of the molecule is NC(=O)CCCN1C[C@@H]2CC[C@H](C1)N(Cc1ccccc1)C2. The number of nitrogens with zero attached hydrogens (tertiary/aromatic N) is 2. The molecule has 1 amide bonds. The molecule has 2 bridgehead atoms. The van der Waals surface area contributed by atoms with Crippen molar-refractivity contribution in [2.45, 2.75) is 38.3 Å². The van der Waals surface area contributed by atoms with Crippen molar-refractivity contribution >= 4 is 5.91 Å². The van der Waals surface area contributed by atoms with Crippen LogP contribution in [0.4, 0.5) is 0 Å². The number of hydrogen-bond acceptors (Lipinski definition) is 3. The Bertz CT molecular complexity index is 490. The lowest BCUT2D eigenvalue weighted by atomic mass is 9.94. The Labute approximate surface area is 133 Å². The quantitative estimate of drug-likeness (QED) is 0.872. The molecule has 0 radical (unpaired) electrons. The van der Waals surface area contributed by atoms with Crippen LogP contribution >= 0.6 is 0 Å². The summed E-state index contributed by atoms with van der Waals surface area (Å²) in [5.41, 5.74) is 6.66. The summed E-state index contributed by atoms with van der Waals surface area (Å²) in [6, 6.07) is 11.4. The number of primary amides is 1. The molecule has 1 aromatic carbocycles. The number of amides is 1. The van der Waals surface area contributed by atoms with Gasteiger partial charge in [-0.05, 0) is 37.3 Å². The van der Waals surface area contributed by atoms with Crippen molar-refractivity contribution in [3.63, 3.8) is 0 Å². The molecule has 0 spiro atoms. The Morgan fingerprint density at radius 2 is 1.95 bits per heavy atom. The van der Waals surface area contributed by atoms with E-state index in [0.717, 1.165) is 32.0 Å². The van der Waals surface area contributed by atoms with Crippen LogP contribution in [-0.4, -0.2) is 47.9 Å². The lowest BCUT2D eigenvalue weighted by Crippen LogP contribution is -2.43. The highest BCUT2D eigenvalue weighted by molar-refractivity contribution is 5.73. The van der Waals surface area contributed by atoms with E-state index in [1.54, 1.807) is 0 Å². The van der Waals surface area contributed by atoms with Crippen LogP contribution in [0.25, 0.3) is 0 Å². The Morgan fingerprint density at radius 1 is 1.14 bits per heavy atom. The lowest BCUT2D eigenvalue weighted by molar-refractivity contribution is -0.118. The van der Waals surface area contributed by atoms with Gasteiger partial charge in [0, 0.05) is 38.6 Å². The number of carbonyl (C=O) groups excluding carboxylic acids is 1. The Balaban J connectivity index is 1.57. The van der Waals surface area contributed by atoms with Crippen molar-refractivity contribution in [3.8, 4) is 0 Å². The molecule has 120 valence electrons. The molecule has 4 nitrogen and oxygen atoms in total. The first-order chi connectivity index (χ1) is 10.7. The summed E-state index contributed by atoms with van der Waals surface area (Å²) >= 11 is 0. The average Bonchev–Trinajstić information content (AvgIpc) is 2.79. The van der Waals surface area contributed by atoms with Crippen LogP contribution in [0, 0.1) is 5.92 Å². The van der Waals surface area contributed by atoms with Gasteiger partial charge >= 0.3 is 0 Å². The number of rotatable bonds is 6. The van der Waals surface area contributed by atoms with Crippen molar-refractivity contribution in [2.24, 2.45) is 11.7 Å². The molecule has 0 aromatic heterocycles. The van der Waals surface area contributed by atoms with E-state index in [2.05, 4.69) is 40.1 Å². The van der Waals surface area contributed by atoms with Gasteiger partial charge in [0.1, 0.15) is 0 Å². The van der Waals surface area contributed by atoms with Crippen LogP contribution in [0.5, 0.6) is 0 Å². The molecule has 0 aliphatic carbocycles. The van der Waals surface area contributed by atoms with Crippen LogP contribution in [0.15, 0.2) is 30.3 Å². The van der Waals surface area contributed by atoms with Gasteiger partial charge in [-0.3, -0.25) is 9.69 Å². The van der Waals surface area contributed by atoms with E-state index >= 15 is 0 Å². The summed E-state index contributed by atoms with van der Waals surface area (Å²) in [6.45, 7) is 5.61. The molecule has 0 unspecified atom stereocenters. The zero-order valence-electron chi connectivity index (χ0n) is 13.3. The molecule has 2 N–H and O–H groups in total. The summed E-state index contributed by atoms with van der Waals surface area (Å²) < 4.78 is 0. The van der Waals surface area contributed by atoms with Crippen LogP contribution < -0.4 is 5.73 Å². The first-order valence-electron chi connectivity index (χ1n) is 8.49. The summed E-state index contributed by atoms with van der Waals surface area (Å²) in [5, 5.41) is 0. The van der Waals surface area contributed by atoms with Gasteiger partial charge in [0.15, 0.2) is 0 Å². The smallest absolute Gasteiger partial charge is 0.217 e. The fraction of sp³-hybridized carbons (Fsp3) is 0.611. The number of carbonyl (C=O) groups is 1. The number of nitrogens with two attached hydrogens (primary N) is 1. The van der Waals surface area contributed by atoms with Gasteiger partial charge in [0.2, 0.25) is 5.91 Å². The summed E-state index contributed by atoms with van der Waals surface area (Å²) in [5.74, 6) is 0.597. The fourth-order valence-corrected chi connectivity index (χ4v) is 3.95. The fourth-order valence-electron chi connectivity index (χ4n) is 3.95. The first kappa shape index (κ1) is 15.5. The van der Waals surface area contributed by atoms with E-state index in [1.165, 1.54) is 31.5 Å². The van der Waals surface area contributed by atoms with Crippen molar-refractivity contribution in [1.82, 2.24) is 9.80 Å². The van der Waals surface area contributed by atoms with Crippen molar-refractivity contribution < 1.29 is 4.79 Å². The second-order valence-electron chi connectivity index (χ2n) is 6.84. The Hall–Kier alpha value is -1.39. The van der Waals surface area contributed by atoms with Gasteiger partial charge in [0.05, 0.1) is 0 Å². The molecule has 3 aliphatic heterocycles. The van der Waals surface area contributed by atoms with Gasteiger partial charge in [-0.1, -0.05) is 30.3 Å². The molecule has 3 fully saturated rings. The van der Waals surface area contributed by atoms with E-state index in [0.29, 0.717) is 12.5 Å². The molecule has 2 atom stereocenters. The second kappa shape index (κ2) is 7.25. The van der Waals surface area contributed by atoms with Gasteiger partial charge in [-0.25, -0.2) is 0 Å². The molecular formula is C18H27N3O. The zero-order valence-corrected chi connectivity index (χ0v) is 13.3. The number of hydrogen-bond donors (Lipinski definition) is 1.